The van der Waals surface area contributed by atoms with Gasteiger partial charge in [0.2, 0.25) is 5.91 Å². The fourth-order valence-electron chi connectivity index (χ4n) is 1.37. The van der Waals surface area contributed by atoms with E-state index in [9.17, 15) is 4.79 Å². The van der Waals surface area contributed by atoms with Crippen LogP contribution in [0.1, 0.15) is 40.0 Å². The molecule has 0 aliphatic carbocycles. The van der Waals surface area contributed by atoms with Gasteiger partial charge in [0.1, 0.15) is 0 Å². The van der Waals surface area contributed by atoms with Crippen molar-refractivity contribution in [3.8, 4) is 0 Å². The summed E-state index contributed by atoms with van der Waals surface area (Å²) in [6, 6.07) is 0. The van der Waals surface area contributed by atoms with E-state index in [1.807, 2.05) is 11.8 Å². The van der Waals surface area contributed by atoms with Gasteiger partial charge in [0.15, 0.2) is 0 Å². The summed E-state index contributed by atoms with van der Waals surface area (Å²) < 4.78 is 0. The van der Waals surface area contributed by atoms with Crippen LogP contribution in [0.25, 0.3) is 0 Å². The Morgan fingerprint density at radius 3 is 2.50 bits per heavy atom. The number of hydrogen-bond acceptors (Lipinski definition) is 2. The summed E-state index contributed by atoms with van der Waals surface area (Å²) in [4.78, 5) is 13.6. The zero-order valence-corrected chi connectivity index (χ0v) is 9.75. The molecule has 2 N–H and O–H groups in total. The minimum atomic E-state index is 0.273. The summed E-state index contributed by atoms with van der Waals surface area (Å²) in [7, 11) is 0. The van der Waals surface area contributed by atoms with Crippen molar-refractivity contribution in [2.24, 2.45) is 11.7 Å². The molecule has 0 spiro atoms. The molecule has 3 heteroatoms. The van der Waals surface area contributed by atoms with Crippen LogP contribution in [0.2, 0.25) is 0 Å². The molecule has 0 heterocycles. The van der Waals surface area contributed by atoms with E-state index in [1.54, 1.807) is 0 Å². The summed E-state index contributed by atoms with van der Waals surface area (Å²) in [5.74, 6) is 0.730. The Bertz CT molecular complexity index is 159. The van der Waals surface area contributed by atoms with Crippen molar-refractivity contribution >= 4 is 5.91 Å². The standard InChI is InChI=1S/C11H24N2O/c1-4-8-13(5-2)11(14)7-6-10(3)9-12/h10H,4-9,12H2,1-3H3. The van der Waals surface area contributed by atoms with E-state index in [2.05, 4.69) is 13.8 Å². The van der Waals surface area contributed by atoms with Crippen LogP contribution < -0.4 is 5.73 Å². The third kappa shape index (κ3) is 5.22. The topological polar surface area (TPSA) is 46.3 Å². The number of amides is 1. The molecule has 0 aliphatic rings. The molecule has 1 atom stereocenters. The number of rotatable bonds is 7. The smallest absolute Gasteiger partial charge is 0.222 e. The molecule has 0 aromatic rings. The molecule has 14 heavy (non-hydrogen) atoms. The summed E-state index contributed by atoms with van der Waals surface area (Å²) in [5.41, 5.74) is 5.50. The Morgan fingerprint density at radius 2 is 2.07 bits per heavy atom. The second-order valence-corrected chi connectivity index (χ2v) is 3.85. The average Bonchev–Trinajstić information content (AvgIpc) is 2.21. The van der Waals surface area contributed by atoms with Crippen molar-refractivity contribution in [2.45, 2.75) is 40.0 Å². The molecule has 84 valence electrons. The predicted molar refractivity (Wildman–Crippen MR) is 60.0 cm³/mol. The summed E-state index contributed by atoms with van der Waals surface area (Å²) in [6.45, 7) is 8.59. The fourth-order valence-corrected chi connectivity index (χ4v) is 1.37. The first-order chi connectivity index (χ1) is 6.65. The first-order valence-corrected chi connectivity index (χ1v) is 5.63. The molecular formula is C11H24N2O. The van der Waals surface area contributed by atoms with Gasteiger partial charge in [0.05, 0.1) is 0 Å². The van der Waals surface area contributed by atoms with Crippen molar-refractivity contribution in [3.63, 3.8) is 0 Å². The number of carbonyl (C=O) groups excluding carboxylic acids is 1. The van der Waals surface area contributed by atoms with Gasteiger partial charge in [-0.3, -0.25) is 4.79 Å². The molecule has 0 rings (SSSR count). The van der Waals surface area contributed by atoms with Crippen LogP contribution in [-0.2, 0) is 4.79 Å². The normalized spacial score (nSPS) is 12.6. The second-order valence-electron chi connectivity index (χ2n) is 3.85. The van der Waals surface area contributed by atoms with Gasteiger partial charge in [-0.15, -0.1) is 0 Å². The SMILES string of the molecule is CCCN(CC)C(=O)CCC(C)CN. The van der Waals surface area contributed by atoms with E-state index in [0.717, 1.165) is 25.9 Å². The molecule has 0 aliphatic heterocycles. The molecule has 0 fully saturated rings. The maximum Gasteiger partial charge on any atom is 0.222 e. The lowest BCUT2D eigenvalue weighted by molar-refractivity contribution is -0.131. The predicted octanol–water partition coefficient (Wildman–Crippen LogP) is 1.62. The highest BCUT2D eigenvalue weighted by atomic mass is 16.2. The molecule has 1 unspecified atom stereocenters. The fraction of sp³-hybridized carbons (Fsp3) is 0.909. The van der Waals surface area contributed by atoms with Crippen LogP contribution >= 0.6 is 0 Å². The van der Waals surface area contributed by atoms with Crippen molar-refractivity contribution in [1.29, 1.82) is 0 Å². The number of carbonyl (C=O) groups is 1. The molecule has 0 aromatic carbocycles. The van der Waals surface area contributed by atoms with Gasteiger partial charge in [-0.2, -0.15) is 0 Å². The van der Waals surface area contributed by atoms with Crippen LogP contribution in [0.4, 0.5) is 0 Å². The van der Waals surface area contributed by atoms with Crippen molar-refractivity contribution in [1.82, 2.24) is 4.90 Å². The lowest BCUT2D eigenvalue weighted by Crippen LogP contribution is -2.31. The van der Waals surface area contributed by atoms with Gasteiger partial charge in [-0.05, 0) is 32.2 Å². The van der Waals surface area contributed by atoms with E-state index < -0.39 is 0 Å². The molecule has 0 aromatic heterocycles. The quantitative estimate of drug-likeness (QED) is 0.679. The lowest BCUT2D eigenvalue weighted by atomic mass is 10.1. The second kappa shape index (κ2) is 7.80. The van der Waals surface area contributed by atoms with E-state index in [1.165, 1.54) is 0 Å². The highest BCUT2D eigenvalue weighted by Gasteiger charge is 2.11. The number of nitrogens with zero attached hydrogens (tertiary/aromatic N) is 1. The third-order valence-corrected chi connectivity index (χ3v) is 2.48. The summed E-state index contributed by atoms with van der Waals surface area (Å²) in [6.07, 6.45) is 2.59. The van der Waals surface area contributed by atoms with Crippen molar-refractivity contribution in [2.75, 3.05) is 19.6 Å². The number of nitrogens with two attached hydrogens (primary N) is 1. The van der Waals surface area contributed by atoms with Gasteiger partial charge in [-0.25, -0.2) is 0 Å². The molecular weight excluding hydrogens is 176 g/mol. The van der Waals surface area contributed by atoms with Gasteiger partial charge < -0.3 is 10.6 Å². The lowest BCUT2D eigenvalue weighted by Gasteiger charge is -2.20. The van der Waals surface area contributed by atoms with E-state index in [-0.39, 0.29) is 5.91 Å². The van der Waals surface area contributed by atoms with Crippen LogP contribution in [-0.4, -0.2) is 30.4 Å². The Hall–Kier alpha value is -0.570. The van der Waals surface area contributed by atoms with Crippen LogP contribution in [0.15, 0.2) is 0 Å². The zero-order chi connectivity index (χ0) is 11.0. The molecule has 1 amide bonds. The average molecular weight is 200 g/mol. The van der Waals surface area contributed by atoms with Crippen LogP contribution in [0.3, 0.4) is 0 Å². The zero-order valence-electron chi connectivity index (χ0n) is 9.75. The minimum absolute atomic E-state index is 0.273. The van der Waals surface area contributed by atoms with E-state index >= 15 is 0 Å². The summed E-state index contributed by atoms with van der Waals surface area (Å²) in [5, 5.41) is 0. The first-order valence-electron chi connectivity index (χ1n) is 5.63. The van der Waals surface area contributed by atoms with E-state index in [0.29, 0.717) is 18.9 Å². The van der Waals surface area contributed by atoms with Gasteiger partial charge in [0.25, 0.3) is 0 Å². The third-order valence-electron chi connectivity index (χ3n) is 2.48. The Morgan fingerprint density at radius 1 is 1.43 bits per heavy atom. The van der Waals surface area contributed by atoms with Crippen molar-refractivity contribution < 1.29 is 4.79 Å². The molecule has 0 radical (unpaired) electrons. The first kappa shape index (κ1) is 13.4. The van der Waals surface area contributed by atoms with Gasteiger partial charge >= 0.3 is 0 Å². The molecule has 0 saturated heterocycles. The summed E-state index contributed by atoms with van der Waals surface area (Å²) >= 11 is 0. The molecule has 0 bridgehead atoms. The highest BCUT2D eigenvalue weighted by molar-refractivity contribution is 5.76. The maximum absolute atomic E-state index is 11.7. The molecule has 0 saturated carbocycles. The van der Waals surface area contributed by atoms with Crippen LogP contribution in [0, 0.1) is 5.92 Å². The van der Waals surface area contributed by atoms with E-state index in [4.69, 9.17) is 5.73 Å². The molecule has 3 nitrogen and oxygen atoms in total. The van der Waals surface area contributed by atoms with Crippen molar-refractivity contribution in [3.05, 3.63) is 0 Å². The minimum Gasteiger partial charge on any atom is -0.343 e. The Labute approximate surface area is 87.6 Å². The Kier molecular flexibility index (Phi) is 7.48. The monoisotopic (exact) mass is 200 g/mol. The largest absolute Gasteiger partial charge is 0.343 e. The number of hydrogen-bond donors (Lipinski definition) is 1. The van der Waals surface area contributed by atoms with Gasteiger partial charge in [-0.1, -0.05) is 13.8 Å². The Balaban J connectivity index is 3.80. The van der Waals surface area contributed by atoms with Gasteiger partial charge in [0, 0.05) is 19.5 Å². The highest BCUT2D eigenvalue weighted by Crippen LogP contribution is 2.06. The maximum atomic E-state index is 11.7. The van der Waals surface area contributed by atoms with Crippen LogP contribution in [0.5, 0.6) is 0 Å².